The van der Waals surface area contributed by atoms with Crippen LogP contribution < -0.4 is 20.7 Å². The van der Waals surface area contributed by atoms with Crippen molar-refractivity contribution in [2.45, 2.75) is 49.3 Å². The molecule has 0 aliphatic carbocycles. The van der Waals surface area contributed by atoms with E-state index in [9.17, 15) is 33.4 Å². The molecule has 2 aromatic rings. The van der Waals surface area contributed by atoms with Gasteiger partial charge in [-0.25, -0.2) is 4.39 Å². The monoisotopic (exact) mass is 525 g/mol. The van der Waals surface area contributed by atoms with Crippen molar-refractivity contribution in [2.24, 2.45) is 0 Å². The number of hydrogen-bond acceptors (Lipinski definition) is 4. The molecule has 3 rings (SSSR count). The summed E-state index contributed by atoms with van der Waals surface area (Å²) in [4.78, 5) is 23.0. The highest BCUT2D eigenvalue weighted by Crippen LogP contribution is 3.02. The Hall–Kier alpha value is -2.93. The zero-order valence-electron chi connectivity index (χ0n) is 18.8. The fraction of sp³-hybridized carbons (Fsp3) is 0.364. The number of ether oxygens (including phenoxy) is 1. The van der Waals surface area contributed by atoms with E-state index in [0.717, 1.165) is 12.1 Å². The van der Waals surface area contributed by atoms with Gasteiger partial charge in [-0.3, -0.25) is 14.9 Å². The number of methoxy groups -OCH3 is 1. The van der Waals surface area contributed by atoms with E-state index in [0.29, 0.717) is 17.7 Å². The van der Waals surface area contributed by atoms with Gasteiger partial charge in [0, 0.05) is 6.42 Å². The van der Waals surface area contributed by atoms with Crippen LogP contribution in [0.5, 0.6) is 5.75 Å². The van der Waals surface area contributed by atoms with E-state index in [4.69, 9.17) is 4.74 Å². The topological polar surface area (TPSA) is 79.5 Å². The van der Waals surface area contributed by atoms with Crippen molar-refractivity contribution in [3.8, 4) is 5.75 Å². The highest BCUT2D eigenvalue weighted by atomic mass is 32.5. The molecule has 13 heteroatoms. The normalized spacial score (nSPS) is 21.3. The van der Waals surface area contributed by atoms with Crippen molar-refractivity contribution in [3.63, 3.8) is 0 Å². The summed E-state index contributed by atoms with van der Waals surface area (Å²) >= 11 is 0. The number of rotatable bonds is 8. The maximum absolute atomic E-state index is 14.0. The molecule has 3 atom stereocenters. The number of carbonyl (C=O) groups is 2. The largest absolute Gasteiger partial charge is 0.494 e. The molecule has 2 unspecified atom stereocenters. The molecule has 1 saturated heterocycles. The number of carbonyl (C=O) groups excluding carboxylic acids is 2. The number of benzene rings is 2. The van der Waals surface area contributed by atoms with Crippen LogP contribution in [0, 0.1) is 5.82 Å². The van der Waals surface area contributed by atoms with Crippen LogP contribution in [0.4, 0.5) is 23.8 Å². The zero-order valence-corrected chi connectivity index (χ0v) is 19.6. The summed E-state index contributed by atoms with van der Waals surface area (Å²) in [6, 6.07) is 4.94. The molecule has 1 fully saturated rings. The fourth-order valence-corrected chi connectivity index (χ4v) is 4.43. The summed E-state index contributed by atoms with van der Waals surface area (Å²) < 4.78 is 83.6. The lowest BCUT2D eigenvalue weighted by Crippen LogP contribution is -2.61. The van der Waals surface area contributed by atoms with Crippen molar-refractivity contribution in [3.05, 3.63) is 59.4 Å². The third kappa shape index (κ3) is 6.82. The molecular weight excluding hydrogens is 500 g/mol. The van der Waals surface area contributed by atoms with E-state index in [-0.39, 0.29) is 30.6 Å². The van der Waals surface area contributed by atoms with Crippen LogP contribution in [0.25, 0.3) is 0 Å². The van der Waals surface area contributed by atoms with Gasteiger partial charge < -0.3 is 15.4 Å². The lowest BCUT2D eigenvalue weighted by atomic mass is 10.0. The molecule has 0 saturated carbocycles. The average molecular weight is 526 g/mol. The minimum absolute atomic E-state index is 0.0610. The minimum atomic E-state index is -9.80. The summed E-state index contributed by atoms with van der Waals surface area (Å²) in [5.41, 5.74) is 0.745. The smallest absolute Gasteiger partial charge is 0.310 e. The Kier molecular flexibility index (Phi) is 6.81. The Labute approximate surface area is 198 Å². The first kappa shape index (κ1) is 26.7. The molecule has 1 aliphatic heterocycles. The second-order valence-corrected chi connectivity index (χ2v) is 10.6. The molecule has 3 N–H and O–H groups in total. The number of nitrogens with one attached hydrogen (secondary N) is 3. The van der Waals surface area contributed by atoms with E-state index in [1.807, 2.05) is 0 Å². The number of halogens is 6. The van der Waals surface area contributed by atoms with E-state index in [1.54, 1.807) is 13.0 Å². The van der Waals surface area contributed by atoms with Gasteiger partial charge >= 0.3 is 10.2 Å². The summed E-state index contributed by atoms with van der Waals surface area (Å²) in [5.74, 6) is -1.53. The molecule has 2 aromatic carbocycles. The molecule has 2 amide bonds. The summed E-state index contributed by atoms with van der Waals surface area (Å²) in [7, 11) is -8.47. The minimum Gasteiger partial charge on any atom is -0.494 e. The van der Waals surface area contributed by atoms with Crippen LogP contribution in [0.15, 0.2) is 47.4 Å². The van der Waals surface area contributed by atoms with Crippen molar-refractivity contribution >= 4 is 22.0 Å². The van der Waals surface area contributed by atoms with E-state index in [2.05, 4.69) is 16.0 Å². The van der Waals surface area contributed by atoms with Crippen molar-refractivity contribution in [1.82, 2.24) is 16.0 Å². The average Bonchev–Trinajstić information content (AvgIpc) is 2.75. The summed E-state index contributed by atoms with van der Waals surface area (Å²) in [5, 5.41) is 8.27. The molecule has 1 heterocycles. The lowest BCUT2D eigenvalue weighted by Gasteiger charge is -2.40. The standard InChI is InChI=1S/C22H25F6N3O3S/c1-3-17(14-5-7-15(8-6-14)35(24,25,26,27)28)30-22(33)18-12-21(32)31-20(29-18)11-13-4-9-19(34-2)16(23)10-13/h4-10,17-18,20,29H,3,11-12H2,1-2H3,(H,30,33)(H,31,32)/t17-,18?,20?/m1/s1. The Bertz CT molecular complexity index is 1110. The quantitative estimate of drug-likeness (QED) is 0.419. The molecule has 0 spiro atoms. The Balaban J connectivity index is 1.68. The molecular formula is C22H25F6N3O3S. The lowest BCUT2D eigenvalue weighted by molar-refractivity contribution is -0.132. The van der Waals surface area contributed by atoms with Crippen LogP contribution in [-0.4, -0.2) is 31.1 Å². The predicted molar refractivity (Wildman–Crippen MR) is 119 cm³/mol. The molecule has 6 nitrogen and oxygen atoms in total. The SMILES string of the molecule is CC[C@@H](NC(=O)C1CC(=O)NC(Cc2ccc(OC)c(F)c2)N1)c1ccc(S(F)(F)(F)(F)F)cc1. The van der Waals surface area contributed by atoms with Gasteiger partial charge in [-0.2, -0.15) is 0 Å². The van der Waals surface area contributed by atoms with Crippen LogP contribution in [0.1, 0.15) is 36.9 Å². The molecule has 1 aliphatic rings. The fourth-order valence-electron chi connectivity index (χ4n) is 3.78. The van der Waals surface area contributed by atoms with E-state index >= 15 is 0 Å². The Morgan fingerprint density at radius 1 is 1.14 bits per heavy atom. The van der Waals surface area contributed by atoms with Crippen molar-refractivity contribution in [2.75, 3.05) is 7.11 Å². The van der Waals surface area contributed by atoms with Crippen LogP contribution in [0.2, 0.25) is 0 Å². The Morgan fingerprint density at radius 3 is 2.34 bits per heavy atom. The number of amides is 2. The van der Waals surface area contributed by atoms with Gasteiger partial charge in [-0.05, 0) is 41.8 Å². The maximum atomic E-state index is 14.0. The van der Waals surface area contributed by atoms with Gasteiger partial charge in [0.15, 0.2) is 11.6 Å². The first-order valence-electron chi connectivity index (χ1n) is 10.6. The molecule has 0 radical (unpaired) electrons. The third-order valence-corrected chi connectivity index (χ3v) is 6.72. The summed E-state index contributed by atoms with van der Waals surface area (Å²) in [6.07, 6.45) is -0.450. The van der Waals surface area contributed by atoms with Crippen LogP contribution in [-0.2, 0) is 16.0 Å². The van der Waals surface area contributed by atoms with Gasteiger partial charge in [0.2, 0.25) is 11.8 Å². The third-order valence-electron chi connectivity index (χ3n) is 5.55. The first-order chi connectivity index (χ1) is 16.1. The highest BCUT2D eigenvalue weighted by Gasteiger charge is 2.65. The molecule has 0 bridgehead atoms. The van der Waals surface area contributed by atoms with E-state index in [1.165, 1.54) is 19.2 Å². The van der Waals surface area contributed by atoms with Gasteiger partial charge in [0.05, 0.1) is 31.8 Å². The van der Waals surface area contributed by atoms with Crippen molar-refractivity contribution in [1.29, 1.82) is 0 Å². The predicted octanol–water partition coefficient (Wildman–Crippen LogP) is 5.11. The summed E-state index contributed by atoms with van der Waals surface area (Å²) in [6.45, 7) is 1.66. The highest BCUT2D eigenvalue weighted by molar-refractivity contribution is 8.45. The van der Waals surface area contributed by atoms with E-state index < -0.39 is 51.0 Å². The van der Waals surface area contributed by atoms with Gasteiger partial charge in [0.1, 0.15) is 4.90 Å². The van der Waals surface area contributed by atoms with Crippen LogP contribution >= 0.6 is 10.2 Å². The van der Waals surface area contributed by atoms with Crippen LogP contribution in [0.3, 0.4) is 0 Å². The van der Waals surface area contributed by atoms with Gasteiger partial charge in [-0.15, -0.1) is 0 Å². The first-order valence-corrected chi connectivity index (χ1v) is 12.6. The second-order valence-electron chi connectivity index (χ2n) is 8.22. The number of hydrogen-bond donors (Lipinski definition) is 3. The molecule has 35 heavy (non-hydrogen) atoms. The zero-order chi connectivity index (χ0) is 26.1. The Morgan fingerprint density at radius 2 is 1.80 bits per heavy atom. The molecule has 0 aromatic heterocycles. The van der Waals surface area contributed by atoms with Crippen molar-refractivity contribution < 1.29 is 38.1 Å². The maximum Gasteiger partial charge on any atom is 0.310 e. The van der Waals surface area contributed by atoms with Gasteiger partial charge in [0.25, 0.3) is 0 Å². The van der Waals surface area contributed by atoms with Gasteiger partial charge in [-0.1, -0.05) is 44.6 Å². The molecule has 194 valence electrons. The second kappa shape index (κ2) is 8.94.